The molecular weight excluding hydrogens is 713 g/mol. The van der Waals surface area contributed by atoms with Crippen LogP contribution in [0, 0.1) is 6.92 Å². The van der Waals surface area contributed by atoms with E-state index in [-0.39, 0.29) is 87.4 Å². The average molecular weight is 746 g/mol. The first-order valence-corrected chi connectivity index (χ1v) is 20.1. The van der Waals surface area contributed by atoms with Gasteiger partial charge < -0.3 is 29.5 Å². The van der Waals surface area contributed by atoms with E-state index in [2.05, 4.69) is 0 Å². The highest BCUT2D eigenvalue weighted by Crippen LogP contribution is 2.40. The van der Waals surface area contributed by atoms with Crippen LogP contribution in [0.3, 0.4) is 0 Å². The van der Waals surface area contributed by atoms with Gasteiger partial charge in [-0.1, -0.05) is 42.0 Å². The van der Waals surface area contributed by atoms with Gasteiger partial charge in [0.15, 0.2) is 0 Å². The van der Waals surface area contributed by atoms with Crippen molar-refractivity contribution in [2.24, 2.45) is 0 Å². The van der Waals surface area contributed by atoms with Crippen molar-refractivity contribution in [2.75, 3.05) is 12.0 Å². The predicted octanol–water partition coefficient (Wildman–Crippen LogP) is 5.24. The maximum atomic E-state index is 13.9. The fourth-order valence-electron chi connectivity index (χ4n) is 6.58. The van der Waals surface area contributed by atoms with Crippen LogP contribution in [0.25, 0.3) is 11.1 Å². The third-order valence-corrected chi connectivity index (χ3v) is 11.4. The van der Waals surface area contributed by atoms with Gasteiger partial charge in [-0.15, -0.1) is 5.75 Å². The molecule has 1 aliphatic rings. The van der Waals surface area contributed by atoms with E-state index < -0.39 is 35.8 Å². The van der Waals surface area contributed by atoms with Crippen molar-refractivity contribution >= 4 is 32.0 Å². The molecule has 51 heavy (non-hydrogen) atoms. The molecule has 0 saturated carbocycles. The Labute approximate surface area is 300 Å². The van der Waals surface area contributed by atoms with E-state index in [1.54, 1.807) is 43.0 Å². The molecule has 3 N–H and O–H groups in total. The number of benzene rings is 5. The van der Waals surface area contributed by atoms with Crippen molar-refractivity contribution in [3.8, 4) is 34.1 Å². The van der Waals surface area contributed by atoms with E-state index in [0.717, 1.165) is 47.6 Å². The van der Waals surface area contributed by atoms with Gasteiger partial charge in [-0.25, -0.2) is 16.8 Å². The lowest BCUT2D eigenvalue weighted by Gasteiger charge is -2.24. The summed E-state index contributed by atoms with van der Waals surface area (Å²) < 4.78 is 73.8. The van der Waals surface area contributed by atoms with Gasteiger partial charge in [0.05, 0.1) is 9.79 Å². The zero-order valence-corrected chi connectivity index (χ0v) is 30.0. The third-order valence-electron chi connectivity index (χ3n) is 9.12. The highest BCUT2D eigenvalue weighted by molar-refractivity contribution is 7.98. The van der Waals surface area contributed by atoms with Gasteiger partial charge in [0.2, 0.25) is 0 Å². The summed E-state index contributed by atoms with van der Waals surface area (Å²) in [6.45, 7) is 1.71. The summed E-state index contributed by atoms with van der Waals surface area (Å²) in [5.41, 5.74) is 3.76. The average Bonchev–Trinajstić information content (AvgIpc) is 3.06. The zero-order valence-electron chi connectivity index (χ0n) is 27.6. The summed E-state index contributed by atoms with van der Waals surface area (Å²) in [5.74, 6) is -0.590. The maximum absolute atomic E-state index is 13.9. The van der Waals surface area contributed by atoms with Crippen LogP contribution in [0.15, 0.2) is 82.6 Å². The van der Waals surface area contributed by atoms with Crippen molar-refractivity contribution in [2.45, 2.75) is 48.8 Å². The van der Waals surface area contributed by atoms with E-state index in [1.807, 2.05) is 30.5 Å². The molecule has 13 heteroatoms. The topological polar surface area (TPSA) is 198 Å². The molecule has 1 aliphatic carbocycles. The van der Waals surface area contributed by atoms with Crippen LogP contribution in [0.4, 0.5) is 0 Å². The van der Waals surface area contributed by atoms with Crippen LogP contribution in [0.1, 0.15) is 55.6 Å². The number of aryl methyl sites for hydroxylation is 2. The number of aromatic hydroxyl groups is 3. The molecule has 0 saturated heterocycles. The predicted molar refractivity (Wildman–Crippen MR) is 190 cm³/mol. The molecule has 5 aromatic carbocycles. The number of phenols is 3. The summed E-state index contributed by atoms with van der Waals surface area (Å²) in [5, 5.41) is 48.5. The van der Waals surface area contributed by atoms with Crippen molar-refractivity contribution < 1.29 is 46.4 Å². The molecule has 0 unspecified atom stereocenters. The Balaban J connectivity index is 1.64. The zero-order chi connectivity index (χ0) is 36.8. The van der Waals surface area contributed by atoms with Crippen molar-refractivity contribution in [1.82, 2.24) is 0 Å². The van der Waals surface area contributed by atoms with Crippen LogP contribution in [-0.2, 0) is 52.3 Å². The first kappa shape index (κ1) is 36.3. The van der Waals surface area contributed by atoms with E-state index >= 15 is 0 Å². The number of fused-ring (bicyclic) bond motifs is 8. The second-order valence-corrected chi connectivity index (χ2v) is 16.5. The van der Waals surface area contributed by atoms with Crippen molar-refractivity contribution in [1.29, 1.82) is 0 Å². The Kier molecular flexibility index (Phi) is 9.87. The first-order valence-electron chi connectivity index (χ1n) is 15.9. The third kappa shape index (κ3) is 7.72. The Morgan fingerprint density at radius 2 is 0.961 bits per heavy atom. The normalized spacial score (nSPS) is 13.3. The van der Waals surface area contributed by atoms with E-state index in [0.29, 0.717) is 11.1 Å². The minimum absolute atomic E-state index is 0.0124. The second kappa shape index (κ2) is 13.9. The highest BCUT2D eigenvalue weighted by atomic mass is 32.2. The molecule has 0 aromatic heterocycles. The molecule has 0 heterocycles. The van der Waals surface area contributed by atoms with Gasteiger partial charge in [-0.2, -0.15) is 11.8 Å². The van der Waals surface area contributed by atoms with E-state index in [4.69, 9.17) is 0 Å². The summed E-state index contributed by atoms with van der Waals surface area (Å²) in [6, 6.07) is 18.2. The number of thioether (sulfide) groups is 1. The summed E-state index contributed by atoms with van der Waals surface area (Å²) >= 11 is 1.72. The molecule has 0 aliphatic heterocycles. The molecule has 0 atom stereocenters. The first-order chi connectivity index (χ1) is 24.0. The van der Waals surface area contributed by atoms with Crippen LogP contribution >= 0.6 is 11.8 Å². The minimum atomic E-state index is -5.03. The van der Waals surface area contributed by atoms with Gasteiger partial charge in [0, 0.05) is 25.7 Å². The highest BCUT2D eigenvalue weighted by Gasteiger charge is 2.22. The SMILES string of the molecule is CSCCc1ccc(-c2cc3c(O)c(c2)Cc2cc(S(=O)(=O)[O-])cc(c2O)Cc2cc(C)cc(c2O)Cc2cc(S(=O)(=O)[O-])cc(c2[O-])C3)cc1. The number of hydrogen-bond acceptors (Lipinski definition) is 11. The Hall–Kier alpha value is -4.53. The largest absolute Gasteiger partial charge is 0.872 e. The number of phenolic OH excluding ortho intramolecular Hbond substituents is 3. The van der Waals surface area contributed by atoms with Crippen LogP contribution in [0.2, 0.25) is 0 Å². The minimum Gasteiger partial charge on any atom is -0.872 e. The second-order valence-electron chi connectivity index (χ2n) is 12.8. The molecular formula is C38H33O10S3-3. The van der Waals surface area contributed by atoms with Crippen LogP contribution < -0.4 is 5.11 Å². The van der Waals surface area contributed by atoms with Gasteiger partial charge in [0.25, 0.3) is 0 Å². The van der Waals surface area contributed by atoms with Gasteiger partial charge in [-0.3, -0.25) is 0 Å². The molecule has 0 radical (unpaired) electrons. The molecule has 8 bridgehead atoms. The lowest BCUT2D eigenvalue weighted by Crippen LogP contribution is -2.09. The fraction of sp³-hybridized carbons (Fsp3) is 0.211. The monoisotopic (exact) mass is 745 g/mol. The quantitative estimate of drug-likeness (QED) is 0.188. The summed E-state index contributed by atoms with van der Waals surface area (Å²) in [4.78, 5) is -1.24. The van der Waals surface area contributed by atoms with Gasteiger partial charge in [-0.05, 0) is 123 Å². The molecule has 5 aromatic rings. The molecule has 0 spiro atoms. The molecule has 6 rings (SSSR count). The number of hydrogen-bond donors (Lipinski definition) is 3. The summed E-state index contributed by atoms with van der Waals surface area (Å²) in [6.07, 6.45) is 1.81. The Bertz CT molecular complexity index is 2270. The van der Waals surface area contributed by atoms with Crippen molar-refractivity contribution in [3.63, 3.8) is 0 Å². The standard InChI is InChI=1S/C38H36O10S3/c1-21-9-25-13-29-17-33(50(43,44)45)19-31(37(29)41)15-27-11-24(23-5-3-22(4-6-23)7-8-49-2)12-28(36(27)40)16-32-20-34(51(46,47)48)18-30(38(32)42)14-26(10-21)35(25)39/h3-6,9-12,17-20,39-42H,7-8,13-16H2,1-2H3,(H,43,44,45)(H,46,47,48)/p-3. The molecule has 10 nitrogen and oxygen atoms in total. The number of rotatable bonds is 6. The fourth-order valence-corrected chi connectivity index (χ4v) is 8.16. The molecule has 0 fully saturated rings. The van der Waals surface area contributed by atoms with E-state index in [9.17, 15) is 46.4 Å². The smallest absolute Gasteiger partial charge is 0.124 e. The maximum Gasteiger partial charge on any atom is 0.124 e. The van der Waals surface area contributed by atoms with E-state index in [1.165, 1.54) is 0 Å². The lowest BCUT2D eigenvalue weighted by atomic mass is 9.89. The Morgan fingerprint density at radius 1 is 0.588 bits per heavy atom. The Morgan fingerprint density at radius 3 is 1.37 bits per heavy atom. The van der Waals surface area contributed by atoms with Gasteiger partial charge in [0.1, 0.15) is 37.5 Å². The lowest BCUT2D eigenvalue weighted by molar-refractivity contribution is -0.270. The van der Waals surface area contributed by atoms with Crippen LogP contribution in [0.5, 0.6) is 23.0 Å². The van der Waals surface area contributed by atoms with Gasteiger partial charge >= 0.3 is 0 Å². The summed E-state index contributed by atoms with van der Waals surface area (Å²) in [7, 11) is -10.0. The van der Waals surface area contributed by atoms with Crippen LogP contribution in [-0.4, -0.2) is 53.3 Å². The molecule has 0 amide bonds. The van der Waals surface area contributed by atoms with Crippen molar-refractivity contribution in [3.05, 3.63) is 128 Å². The molecule has 266 valence electrons.